The molecule has 1 aliphatic heterocycles. The number of hydrogen-bond acceptors (Lipinski definition) is 4. The molecule has 0 N–H and O–H groups in total. The number of ether oxygens (including phenoxy) is 2. The zero-order valence-corrected chi connectivity index (χ0v) is 12.6. The van der Waals surface area contributed by atoms with E-state index in [1.54, 1.807) is 11.8 Å². The highest BCUT2D eigenvalue weighted by atomic mass is 16.6. The first-order chi connectivity index (χ1) is 9.31. The van der Waals surface area contributed by atoms with Crippen LogP contribution in [-0.2, 0) is 14.3 Å². The Morgan fingerprint density at radius 3 is 2.55 bits per heavy atom. The van der Waals surface area contributed by atoms with Crippen LogP contribution in [0, 0.1) is 5.92 Å². The molecule has 2 atom stereocenters. The smallest absolute Gasteiger partial charge is 0.410 e. The molecule has 1 amide bonds. The first-order valence-electron chi connectivity index (χ1n) is 7.19. The predicted molar refractivity (Wildman–Crippen MR) is 74.2 cm³/mol. The van der Waals surface area contributed by atoms with E-state index in [1.165, 1.54) is 0 Å². The van der Waals surface area contributed by atoms with Gasteiger partial charge in [-0.05, 0) is 46.5 Å². The van der Waals surface area contributed by atoms with E-state index in [0.29, 0.717) is 12.2 Å². The Morgan fingerprint density at radius 1 is 1.35 bits per heavy atom. The molecular weight excluding hydrogens is 258 g/mol. The number of carbonyl (C=O) groups excluding carboxylic acids is 2. The molecule has 20 heavy (non-hydrogen) atoms. The van der Waals surface area contributed by atoms with E-state index in [0.717, 1.165) is 12.8 Å². The van der Waals surface area contributed by atoms with Crippen LogP contribution >= 0.6 is 0 Å². The van der Waals surface area contributed by atoms with Gasteiger partial charge in [-0.15, -0.1) is 0 Å². The SMILES string of the molecule is CCOC(=O)C1=CC2CCC2N(C(=O)OC(C)(C)C)C1. The molecule has 0 radical (unpaired) electrons. The van der Waals surface area contributed by atoms with Gasteiger partial charge in [-0.3, -0.25) is 0 Å². The van der Waals surface area contributed by atoms with Crippen molar-refractivity contribution in [3.8, 4) is 0 Å². The Hall–Kier alpha value is -1.52. The molecule has 1 fully saturated rings. The molecule has 112 valence electrons. The molecule has 2 rings (SSSR count). The summed E-state index contributed by atoms with van der Waals surface area (Å²) in [7, 11) is 0. The van der Waals surface area contributed by atoms with Crippen molar-refractivity contribution < 1.29 is 19.1 Å². The van der Waals surface area contributed by atoms with Crippen LogP contribution in [0.5, 0.6) is 0 Å². The van der Waals surface area contributed by atoms with E-state index >= 15 is 0 Å². The fourth-order valence-corrected chi connectivity index (χ4v) is 2.58. The molecule has 5 nitrogen and oxygen atoms in total. The van der Waals surface area contributed by atoms with E-state index < -0.39 is 5.60 Å². The second kappa shape index (κ2) is 5.46. The Balaban J connectivity index is 2.09. The summed E-state index contributed by atoms with van der Waals surface area (Å²) < 4.78 is 10.5. The van der Waals surface area contributed by atoms with Gasteiger partial charge in [0.25, 0.3) is 0 Å². The van der Waals surface area contributed by atoms with Crippen LogP contribution in [0.4, 0.5) is 4.79 Å². The third kappa shape index (κ3) is 3.14. The lowest BCUT2D eigenvalue weighted by Gasteiger charge is -2.46. The average molecular weight is 281 g/mol. The number of nitrogens with zero attached hydrogens (tertiary/aromatic N) is 1. The molecule has 1 heterocycles. The van der Waals surface area contributed by atoms with Gasteiger partial charge in [0.05, 0.1) is 18.7 Å². The summed E-state index contributed by atoms with van der Waals surface area (Å²) in [5.41, 5.74) is 0.0420. The molecule has 2 aliphatic rings. The molecule has 0 spiro atoms. The molecule has 0 aromatic carbocycles. The highest BCUT2D eigenvalue weighted by Gasteiger charge is 2.43. The van der Waals surface area contributed by atoms with Crippen molar-refractivity contribution in [2.24, 2.45) is 5.92 Å². The highest BCUT2D eigenvalue weighted by molar-refractivity contribution is 5.90. The number of amides is 1. The van der Waals surface area contributed by atoms with Gasteiger partial charge >= 0.3 is 12.1 Å². The average Bonchev–Trinajstić information content (AvgIpc) is 2.28. The number of hydrogen-bond donors (Lipinski definition) is 0. The Morgan fingerprint density at radius 2 is 2.05 bits per heavy atom. The molecule has 0 aromatic rings. The van der Waals surface area contributed by atoms with Crippen molar-refractivity contribution in [2.75, 3.05) is 13.2 Å². The van der Waals surface area contributed by atoms with Crippen molar-refractivity contribution in [3.05, 3.63) is 11.6 Å². The van der Waals surface area contributed by atoms with Crippen molar-refractivity contribution in [3.63, 3.8) is 0 Å². The van der Waals surface area contributed by atoms with Gasteiger partial charge in [0.15, 0.2) is 0 Å². The number of fused-ring (bicyclic) bond motifs is 1. The van der Waals surface area contributed by atoms with Crippen LogP contribution in [0.2, 0.25) is 0 Å². The van der Waals surface area contributed by atoms with Gasteiger partial charge in [0.1, 0.15) is 5.60 Å². The maximum atomic E-state index is 12.3. The molecule has 0 bridgehead atoms. The second-order valence-corrected chi connectivity index (χ2v) is 6.33. The van der Waals surface area contributed by atoms with E-state index in [-0.39, 0.29) is 30.6 Å². The Bertz CT molecular complexity index is 436. The largest absolute Gasteiger partial charge is 0.463 e. The van der Waals surface area contributed by atoms with Gasteiger partial charge < -0.3 is 14.4 Å². The summed E-state index contributed by atoms with van der Waals surface area (Å²) in [6, 6.07) is 0.169. The van der Waals surface area contributed by atoms with Gasteiger partial charge in [-0.2, -0.15) is 0 Å². The second-order valence-electron chi connectivity index (χ2n) is 6.33. The predicted octanol–water partition coefficient (Wildman–Crippen LogP) is 2.51. The maximum absolute atomic E-state index is 12.3. The lowest BCUT2D eigenvalue weighted by atomic mass is 9.75. The summed E-state index contributed by atoms with van der Waals surface area (Å²) in [5, 5.41) is 0. The summed E-state index contributed by atoms with van der Waals surface area (Å²) in [4.78, 5) is 25.8. The standard InChI is InChI=1S/C15H23NO4/c1-5-19-13(17)11-8-10-6-7-12(10)16(9-11)14(18)20-15(2,3)4/h8,10,12H,5-7,9H2,1-4H3. The number of carbonyl (C=O) groups is 2. The number of rotatable bonds is 2. The lowest BCUT2D eigenvalue weighted by Crippen LogP contribution is -2.54. The van der Waals surface area contributed by atoms with E-state index in [4.69, 9.17) is 9.47 Å². The fraction of sp³-hybridized carbons (Fsp3) is 0.733. The monoisotopic (exact) mass is 281 g/mol. The molecule has 0 saturated heterocycles. The van der Waals surface area contributed by atoms with Crippen LogP contribution in [-0.4, -0.2) is 41.8 Å². The third-order valence-electron chi connectivity index (χ3n) is 3.61. The van der Waals surface area contributed by atoms with E-state index in [9.17, 15) is 9.59 Å². The van der Waals surface area contributed by atoms with E-state index in [1.807, 2.05) is 26.8 Å². The van der Waals surface area contributed by atoms with Crippen molar-refractivity contribution in [1.29, 1.82) is 0 Å². The minimum Gasteiger partial charge on any atom is -0.463 e. The molecular formula is C15H23NO4. The first kappa shape index (κ1) is 14.9. The van der Waals surface area contributed by atoms with Gasteiger partial charge in [-0.1, -0.05) is 6.08 Å². The highest BCUT2D eigenvalue weighted by Crippen LogP contribution is 2.38. The van der Waals surface area contributed by atoms with Gasteiger partial charge in [0, 0.05) is 6.04 Å². The first-order valence-corrected chi connectivity index (χ1v) is 7.19. The van der Waals surface area contributed by atoms with Crippen LogP contribution in [0.3, 0.4) is 0 Å². The van der Waals surface area contributed by atoms with Crippen LogP contribution in [0.15, 0.2) is 11.6 Å². The molecule has 1 saturated carbocycles. The fourth-order valence-electron chi connectivity index (χ4n) is 2.58. The van der Waals surface area contributed by atoms with Gasteiger partial charge in [0.2, 0.25) is 0 Å². The van der Waals surface area contributed by atoms with E-state index in [2.05, 4.69) is 0 Å². The quantitative estimate of drug-likeness (QED) is 0.730. The summed E-state index contributed by atoms with van der Waals surface area (Å²) in [6.45, 7) is 7.93. The Labute approximate surface area is 119 Å². The molecule has 5 heteroatoms. The third-order valence-corrected chi connectivity index (χ3v) is 3.61. The Kier molecular flexibility index (Phi) is 4.06. The summed E-state index contributed by atoms with van der Waals surface area (Å²) >= 11 is 0. The zero-order valence-electron chi connectivity index (χ0n) is 12.6. The van der Waals surface area contributed by atoms with Crippen LogP contribution < -0.4 is 0 Å². The molecule has 2 unspecified atom stereocenters. The van der Waals surface area contributed by atoms with Crippen LogP contribution in [0.25, 0.3) is 0 Å². The summed E-state index contributed by atoms with van der Waals surface area (Å²) in [5.74, 6) is -0.0675. The maximum Gasteiger partial charge on any atom is 0.410 e. The lowest BCUT2D eigenvalue weighted by molar-refractivity contribution is -0.139. The zero-order chi connectivity index (χ0) is 14.9. The minimum atomic E-state index is -0.526. The van der Waals surface area contributed by atoms with Gasteiger partial charge in [-0.25, -0.2) is 9.59 Å². The topological polar surface area (TPSA) is 55.8 Å². The van der Waals surface area contributed by atoms with Crippen molar-refractivity contribution >= 4 is 12.1 Å². The molecule has 0 aromatic heterocycles. The molecule has 1 aliphatic carbocycles. The van der Waals surface area contributed by atoms with Crippen LogP contribution in [0.1, 0.15) is 40.5 Å². The van der Waals surface area contributed by atoms with Crippen molar-refractivity contribution in [1.82, 2.24) is 4.90 Å². The normalized spacial score (nSPS) is 25.2. The minimum absolute atomic E-state index is 0.169. The van der Waals surface area contributed by atoms with Crippen molar-refractivity contribution in [2.45, 2.75) is 52.2 Å². The summed E-state index contributed by atoms with van der Waals surface area (Å²) in [6.07, 6.45) is 3.60. The number of esters is 1.